The molecule has 4 saturated heterocycles. The zero-order chi connectivity index (χ0) is 43.9. The van der Waals surface area contributed by atoms with Crippen molar-refractivity contribution in [3.05, 3.63) is 70.4 Å². The number of anilines is 2. The lowest BCUT2D eigenvalue weighted by Crippen LogP contribution is -2.44. The Morgan fingerprint density at radius 3 is 2.24 bits per heavy atom. The van der Waals surface area contributed by atoms with Gasteiger partial charge < -0.3 is 19.9 Å². The first-order valence-electron chi connectivity index (χ1n) is 20.8. The molecule has 0 bridgehead atoms. The number of hydrogen-bond donors (Lipinski definition) is 2. The van der Waals surface area contributed by atoms with E-state index in [-0.39, 0.29) is 66.9 Å². The molecule has 4 fully saturated rings. The number of fused-ring (bicyclic) bond motifs is 1. The molecule has 1 atom stereocenters. The van der Waals surface area contributed by atoms with Gasteiger partial charge in [-0.2, -0.15) is 26.3 Å². The van der Waals surface area contributed by atoms with Gasteiger partial charge in [-0.3, -0.25) is 24.0 Å². The Morgan fingerprint density at radius 2 is 1.60 bits per heavy atom. The van der Waals surface area contributed by atoms with E-state index in [1.165, 1.54) is 14.9 Å². The van der Waals surface area contributed by atoms with E-state index in [9.17, 15) is 44.8 Å². The van der Waals surface area contributed by atoms with Crippen molar-refractivity contribution in [1.82, 2.24) is 33.6 Å². The minimum atomic E-state index is -4.77. The first-order valence-corrected chi connectivity index (χ1v) is 22.3. The molecule has 6 heterocycles. The van der Waals surface area contributed by atoms with Crippen molar-refractivity contribution in [3.8, 4) is 5.75 Å². The van der Waals surface area contributed by atoms with Crippen LogP contribution in [0.4, 0.5) is 33.6 Å². The standard InChI is InChI=1S/C41H48F5N9O6S/c1-51-36-32(3-2-4-33(36)55(40(51)58)34-5-6-35(56)50-37(34)57)26-9-13-52(14-10-26)24-25-7-15-53(16-8-25)29-19-27(41(44,45)46)20-31(21-29)62(59,60)54-17-11-28(12-18-54)49-39-47-22-30(23-48-39)61-38(42)43/h2-4,19-23,25-26,28,34,38H,5-18,24H2,1H3,(H,47,48,49)(H,50,56,57). The first kappa shape index (κ1) is 43.5. The summed E-state index contributed by atoms with van der Waals surface area (Å²) in [4.78, 5) is 49.7. The van der Waals surface area contributed by atoms with Crippen LogP contribution < -0.4 is 26.0 Å². The predicted molar refractivity (Wildman–Crippen MR) is 217 cm³/mol. The number of carbonyl (C=O) groups excluding carboxylic acids is 2. The smallest absolute Gasteiger partial charge is 0.416 e. The highest BCUT2D eigenvalue weighted by Gasteiger charge is 2.37. The molecule has 0 radical (unpaired) electrons. The predicted octanol–water partition coefficient (Wildman–Crippen LogP) is 5.09. The molecule has 0 spiro atoms. The summed E-state index contributed by atoms with van der Waals surface area (Å²) in [5, 5.41) is 5.39. The monoisotopic (exact) mass is 889 g/mol. The molecular formula is C41H48F5N9O6S. The van der Waals surface area contributed by atoms with Gasteiger partial charge in [0.2, 0.25) is 27.8 Å². The molecule has 8 rings (SSSR count). The summed E-state index contributed by atoms with van der Waals surface area (Å²) in [6.07, 6.45) is 1.61. The Labute approximate surface area is 354 Å². The van der Waals surface area contributed by atoms with Crippen molar-refractivity contribution in [3.63, 3.8) is 0 Å². The van der Waals surface area contributed by atoms with Gasteiger partial charge in [-0.25, -0.2) is 23.2 Å². The molecule has 334 valence electrons. The number of para-hydroxylation sites is 1. The number of nitrogens with zero attached hydrogens (tertiary/aromatic N) is 7. The maximum atomic E-state index is 14.2. The molecule has 4 aromatic rings. The number of amides is 2. The topological polar surface area (TPSA) is 164 Å². The van der Waals surface area contributed by atoms with Gasteiger partial charge in [-0.05, 0) is 99.7 Å². The molecule has 21 heteroatoms. The Balaban J connectivity index is 0.869. The largest absolute Gasteiger partial charge is 0.432 e. The molecule has 15 nitrogen and oxygen atoms in total. The third-order valence-electron chi connectivity index (χ3n) is 12.7. The fraction of sp³-hybridized carbons (Fsp3) is 0.537. The average molecular weight is 890 g/mol. The van der Waals surface area contributed by atoms with Crippen molar-refractivity contribution >= 4 is 44.5 Å². The van der Waals surface area contributed by atoms with Gasteiger partial charge in [0.25, 0.3) is 0 Å². The summed E-state index contributed by atoms with van der Waals surface area (Å²) in [5.41, 5.74) is 1.38. The zero-order valence-electron chi connectivity index (χ0n) is 34.0. The summed E-state index contributed by atoms with van der Waals surface area (Å²) >= 11 is 0. The molecule has 1 unspecified atom stereocenters. The molecule has 2 aromatic heterocycles. The number of alkyl halides is 5. The summed E-state index contributed by atoms with van der Waals surface area (Å²) < 4.78 is 104. The third-order valence-corrected chi connectivity index (χ3v) is 14.6. The van der Waals surface area contributed by atoms with E-state index in [0.29, 0.717) is 43.4 Å². The second kappa shape index (κ2) is 17.5. The van der Waals surface area contributed by atoms with E-state index in [4.69, 9.17) is 0 Å². The van der Waals surface area contributed by atoms with Gasteiger partial charge in [-0.15, -0.1) is 0 Å². The van der Waals surface area contributed by atoms with Gasteiger partial charge in [-0.1, -0.05) is 12.1 Å². The van der Waals surface area contributed by atoms with Gasteiger partial charge in [0.15, 0.2) is 5.75 Å². The highest BCUT2D eigenvalue weighted by atomic mass is 32.2. The molecule has 0 aliphatic carbocycles. The van der Waals surface area contributed by atoms with E-state index in [2.05, 4.69) is 30.2 Å². The molecule has 2 N–H and O–H groups in total. The van der Waals surface area contributed by atoms with Crippen molar-refractivity contribution in [2.24, 2.45) is 13.0 Å². The second-order valence-corrected chi connectivity index (χ2v) is 18.5. The summed E-state index contributed by atoms with van der Waals surface area (Å²) in [6, 6.07) is 7.83. The van der Waals surface area contributed by atoms with Crippen LogP contribution in [0.2, 0.25) is 0 Å². The number of sulfonamides is 1. The fourth-order valence-corrected chi connectivity index (χ4v) is 10.9. The number of imide groups is 1. The van der Waals surface area contributed by atoms with Crippen LogP contribution in [0.3, 0.4) is 0 Å². The minimum absolute atomic E-state index is 0.0359. The van der Waals surface area contributed by atoms with E-state index in [1.54, 1.807) is 11.6 Å². The number of halogens is 5. The lowest BCUT2D eigenvalue weighted by atomic mass is 9.87. The van der Waals surface area contributed by atoms with Crippen LogP contribution >= 0.6 is 0 Å². The van der Waals surface area contributed by atoms with E-state index >= 15 is 0 Å². The summed E-state index contributed by atoms with van der Waals surface area (Å²) in [6.45, 7) is 0.460. The normalized spacial score (nSPS) is 20.9. The molecule has 4 aliphatic rings. The van der Waals surface area contributed by atoms with Gasteiger partial charge >= 0.3 is 18.5 Å². The average Bonchev–Trinajstić information content (AvgIpc) is 3.50. The van der Waals surface area contributed by atoms with Crippen LogP contribution in [-0.2, 0) is 32.8 Å². The fourth-order valence-electron chi connectivity index (χ4n) is 9.40. The lowest BCUT2D eigenvalue weighted by molar-refractivity contribution is -0.138. The minimum Gasteiger partial charge on any atom is -0.432 e. The maximum Gasteiger partial charge on any atom is 0.416 e. The van der Waals surface area contributed by atoms with Crippen LogP contribution in [0, 0.1) is 5.92 Å². The number of rotatable bonds is 11. The summed E-state index contributed by atoms with van der Waals surface area (Å²) in [7, 11) is -2.58. The van der Waals surface area contributed by atoms with E-state index in [1.807, 2.05) is 23.1 Å². The third kappa shape index (κ3) is 9.15. The van der Waals surface area contributed by atoms with Gasteiger partial charge in [0.05, 0.1) is 33.9 Å². The number of likely N-dealkylation sites (tertiary alicyclic amines) is 1. The maximum absolute atomic E-state index is 14.2. The number of ether oxygens (including phenoxy) is 1. The zero-order valence-corrected chi connectivity index (χ0v) is 34.8. The van der Waals surface area contributed by atoms with E-state index in [0.717, 1.165) is 74.9 Å². The lowest BCUT2D eigenvalue weighted by Gasteiger charge is -2.39. The van der Waals surface area contributed by atoms with Crippen molar-refractivity contribution < 1.29 is 44.7 Å². The molecule has 2 aromatic carbocycles. The summed E-state index contributed by atoms with van der Waals surface area (Å²) in [5.74, 6) is -0.402. The quantitative estimate of drug-likeness (QED) is 0.152. The number of imidazole rings is 1. The molecule has 4 aliphatic heterocycles. The van der Waals surface area contributed by atoms with Crippen molar-refractivity contribution in [1.29, 1.82) is 0 Å². The molecular weight excluding hydrogens is 842 g/mol. The molecule has 2 amide bonds. The Bertz CT molecular complexity index is 2460. The van der Waals surface area contributed by atoms with Gasteiger partial charge in [0, 0.05) is 57.9 Å². The number of aryl methyl sites for hydroxylation is 1. The van der Waals surface area contributed by atoms with Crippen molar-refractivity contribution in [2.45, 2.75) is 87.1 Å². The molecule has 62 heavy (non-hydrogen) atoms. The number of benzene rings is 2. The van der Waals surface area contributed by atoms with Crippen LogP contribution in [0.25, 0.3) is 11.0 Å². The van der Waals surface area contributed by atoms with Crippen LogP contribution in [-0.4, -0.2) is 107 Å². The van der Waals surface area contributed by atoms with Gasteiger partial charge in [0.1, 0.15) is 6.04 Å². The Kier molecular flexibility index (Phi) is 12.3. The second-order valence-electron chi connectivity index (χ2n) is 16.6. The molecule has 0 saturated carbocycles. The number of aromatic nitrogens is 4. The SMILES string of the molecule is Cn1c(=O)n(C2CCC(=O)NC2=O)c2cccc(C3CCN(CC4CCN(c5cc(C(F)(F)F)cc(S(=O)(=O)N6CCC(Nc7ncc(OC(F)F)cn7)CC6)c5)CC4)CC3)c21. The highest BCUT2D eigenvalue weighted by molar-refractivity contribution is 7.89. The number of piperidine rings is 4. The van der Waals surface area contributed by atoms with Crippen molar-refractivity contribution in [2.75, 3.05) is 56.0 Å². The number of carbonyl (C=O) groups is 2. The van der Waals surface area contributed by atoms with Crippen LogP contribution in [0.15, 0.2) is 58.5 Å². The number of hydrogen-bond acceptors (Lipinski definition) is 11. The highest BCUT2D eigenvalue weighted by Crippen LogP contribution is 2.38. The van der Waals surface area contributed by atoms with Crippen LogP contribution in [0.5, 0.6) is 5.75 Å². The number of nitrogens with one attached hydrogen (secondary N) is 2. The Hall–Kier alpha value is -5.15. The Morgan fingerprint density at radius 1 is 0.903 bits per heavy atom. The first-order chi connectivity index (χ1) is 29.5. The van der Waals surface area contributed by atoms with Crippen LogP contribution in [0.1, 0.15) is 74.5 Å². The van der Waals surface area contributed by atoms with E-state index < -0.39 is 45.2 Å².